The number of nitrogens with zero attached hydrogens (tertiary/aromatic N) is 3. The monoisotopic (exact) mass is 511 g/mol. The maximum absolute atomic E-state index is 12.6. The summed E-state index contributed by atoms with van der Waals surface area (Å²) >= 11 is 0. The van der Waals surface area contributed by atoms with E-state index in [2.05, 4.69) is 41.3 Å². The molecule has 1 amide bonds. The summed E-state index contributed by atoms with van der Waals surface area (Å²) in [6.07, 6.45) is 19.0. The van der Waals surface area contributed by atoms with E-state index in [1.807, 2.05) is 20.8 Å². The van der Waals surface area contributed by atoms with E-state index >= 15 is 0 Å². The fourth-order valence-electron chi connectivity index (χ4n) is 5.04. The molecule has 1 aromatic heterocycles. The number of carbonyl (C=O) groups is 1. The second-order valence-corrected chi connectivity index (χ2v) is 11.6. The minimum Gasteiger partial charge on any atom is -0.444 e. The standard InChI is InChI=1S/C31H49N3O3/c1-5-6-7-8-9-10-11-12-13-14-15-16-18-25-20-22-26(23-21-25)28-32-29(37-33-28)27-19-17-24-34(27)30(35)36-31(2,3)4/h20-23,27H,5-19,24H2,1-4H3/t27-/m0/s1. The normalized spacial score (nSPS) is 15.9. The van der Waals surface area contributed by atoms with Gasteiger partial charge in [-0.2, -0.15) is 4.98 Å². The molecule has 1 aromatic carbocycles. The molecule has 1 atom stereocenters. The first-order valence-electron chi connectivity index (χ1n) is 14.8. The molecule has 0 saturated carbocycles. The van der Waals surface area contributed by atoms with Crippen molar-refractivity contribution in [1.82, 2.24) is 15.0 Å². The first kappa shape index (κ1) is 29.2. The van der Waals surface area contributed by atoms with Gasteiger partial charge in [0.1, 0.15) is 11.6 Å². The molecule has 2 heterocycles. The van der Waals surface area contributed by atoms with E-state index in [0.717, 1.165) is 24.8 Å². The zero-order valence-electron chi connectivity index (χ0n) is 23.8. The fourth-order valence-corrected chi connectivity index (χ4v) is 5.04. The summed E-state index contributed by atoms with van der Waals surface area (Å²) in [5.41, 5.74) is 1.76. The van der Waals surface area contributed by atoms with Crippen molar-refractivity contribution in [2.24, 2.45) is 0 Å². The smallest absolute Gasteiger partial charge is 0.410 e. The number of rotatable bonds is 15. The Morgan fingerprint density at radius 1 is 0.946 bits per heavy atom. The molecular weight excluding hydrogens is 462 g/mol. The number of aromatic nitrogens is 2. The van der Waals surface area contributed by atoms with Crippen LogP contribution in [-0.4, -0.2) is 33.3 Å². The number of unbranched alkanes of at least 4 members (excludes halogenated alkanes) is 11. The number of amides is 1. The van der Waals surface area contributed by atoms with E-state index in [0.29, 0.717) is 18.3 Å². The van der Waals surface area contributed by atoms with Crippen LogP contribution < -0.4 is 0 Å². The minimum atomic E-state index is -0.529. The molecule has 6 heteroatoms. The predicted octanol–water partition coefficient (Wildman–Crippen LogP) is 9.05. The highest BCUT2D eigenvalue weighted by atomic mass is 16.6. The number of hydrogen-bond donors (Lipinski definition) is 0. The summed E-state index contributed by atoms with van der Waals surface area (Å²) in [7, 11) is 0. The zero-order valence-corrected chi connectivity index (χ0v) is 23.8. The zero-order chi connectivity index (χ0) is 26.5. The fraction of sp³-hybridized carbons (Fsp3) is 0.710. The summed E-state index contributed by atoms with van der Waals surface area (Å²) < 4.78 is 11.1. The first-order valence-corrected chi connectivity index (χ1v) is 14.8. The molecule has 6 nitrogen and oxygen atoms in total. The Balaban J connectivity index is 1.36. The molecule has 0 spiro atoms. The van der Waals surface area contributed by atoms with E-state index in [-0.39, 0.29) is 12.1 Å². The number of hydrogen-bond acceptors (Lipinski definition) is 5. The van der Waals surface area contributed by atoms with Gasteiger partial charge >= 0.3 is 6.09 Å². The van der Waals surface area contributed by atoms with Crippen molar-refractivity contribution in [3.8, 4) is 11.4 Å². The van der Waals surface area contributed by atoms with E-state index in [1.54, 1.807) is 4.90 Å². The number of likely N-dealkylation sites (tertiary alicyclic amines) is 1. The van der Waals surface area contributed by atoms with Gasteiger partial charge in [0.2, 0.25) is 11.7 Å². The lowest BCUT2D eigenvalue weighted by Gasteiger charge is -2.26. The van der Waals surface area contributed by atoms with Crippen LogP contribution in [0, 0.1) is 0 Å². The molecule has 3 rings (SSSR count). The van der Waals surface area contributed by atoms with Gasteiger partial charge < -0.3 is 9.26 Å². The van der Waals surface area contributed by atoms with Crippen LogP contribution in [0.5, 0.6) is 0 Å². The third-order valence-corrected chi connectivity index (χ3v) is 7.14. The number of ether oxygens (including phenoxy) is 1. The van der Waals surface area contributed by atoms with Crippen molar-refractivity contribution in [2.45, 2.75) is 136 Å². The highest BCUT2D eigenvalue weighted by molar-refractivity contribution is 5.69. The van der Waals surface area contributed by atoms with Crippen molar-refractivity contribution in [3.63, 3.8) is 0 Å². The summed E-state index contributed by atoms with van der Waals surface area (Å²) in [6, 6.07) is 8.27. The van der Waals surface area contributed by atoms with Gasteiger partial charge in [-0.1, -0.05) is 107 Å². The van der Waals surface area contributed by atoms with Gasteiger partial charge in [-0.25, -0.2) is 4.79 Å². The SMILES string of the molecule is CCCCCCCCCCCCCCc1ccc(-c2noc([C@@H]3CCCN3C(=O)OC(C)(C)C)n2)cc1. The summed E-state index contributed by atoms with van der Waals surface area (Å²) in [6.45, 7) is 8.56. The summed E-state index contributed by atoms with van der Waals surface area (Å²) in [5.74, 6) is 1.06. The van der Waals surface area contributed by atoms with Crippen molar-refractivity contribution >= 4 is 6.09 Å². The lowest BCUT2D eigenvalue weighted by molar-refractivity contribution is 0.0199. The quantitative estimate of drug-likeness (QED) is 0.223. The Morgan fingerprint density at radius 3 is 2.14 bits per heavy atom. The second-order valence-electron chi connectivity index (χ2n) is 11.6. The van der Waals surface area contributed by atoms with E-state index in [1.165, 1.54) is 82.6 Å². The minimum absolute atomic E-state index is 0.221. The van der Waals surface area contributed by atoms with Gasteiger partial charge in [-0.3, -0.25) is 4.90 Å². The Morgan fingerprint density at radius 2 is 1.54 bits per heavy atom. The van der Waals surface area contributed by atoms with Crippen LogP contribution in [-0.2, 0) is 11.2 Å². The maximum Gasteiger partial charge on any atom is 0.410 e. The van der Waals surface area contributed by atoms with Crippen molar-refractivity contribution in [1.29, 1.82) is 0 Å². The number of carbonyl (C=O) groups excluding carboxylic acids is 1. The van der Waals surface area contributed by atoms with Crippen LogP contribution >= 0.6 is 0 Å². The molecular formula is C31H49N3O3. The maximum atomic E-state index is 12.6. The largest absolute Gasteiger partial charge is 0.444 e. The lowest BCUT2D eigenvalue weighted by atomic mass is 10.0. The molecule has 0 N–H and O–H groups in total. The molecule has 0 aliphatic carbocycles. The molecule has 1 aliphatic rings. The van der Waals surface area contributed by atoms with Crippen LogP contribution in [0.2, 0.25) is 0 Å². The third-order valence-electron chi connectivity index (χ3n) is 7.14. The van der Waals surface area contributed by atoms with Gasteiger partial charge in [0.15, 0.2) is 0 Å². The second kappa shape index (κ2) is 15.1. The molecule has 37 heavy (non-hydrogen) atoms. The molecule has 2 aromatic rings. The van der Waals surface area contributed by atoms with Crippen LogP contribution in [0.25, 0.3) is 11.4 Å². The number of benzene rings is 1. The Kier molecular flexibility index (Phi) is 11.9. The molecule has 206 valence electrons. The third kappa shape index (κ3) is 10.1. The van der Waals surface area contributed by atoms with Crippen molar-refractivity contribution < 1.29 is 14.1 Å². The Bertz CT molecular complexity index is 917. The molecule has 1 fully saturated rings. The topological polar surface area (TPSA) is 68.5 Å². The van der Waals surface area contributed by atoms with Gasteiger partial charge in [0, 0.05) is 12.1 Å². The molecule has 0 radical (unpaired) electrons. The van der Waals surface area contributed by atoms with E-state index in [9.17, 15) is 4.79 Å². The van der Waals surface area contributed by atoms with Crippen LogP contribution in [0.4, 0.5) is 4.79 Å². The summed E-state index contributed by atoms with van der Waals surface area (Å²) in [5, 5.41) is 4.20. The Hall–Kier alpha value is -2.37. The Labute approximate surface area is 224 Å². The van der Waals surface area contributed by atoms with Crippen LogP contribution in [0.3, 0.4) is 0 Å². The van der Waals surface area contributed by atoms with Gasteiger partial charge in [0.25, 0.3) is 0 Å². The average molecular weight is 512 g/mol. The van der Waals surface area contributed by atoms with Crippen molar-refractivity contribution in [2.75, 3.05) is 6.54 Å². The van der Waals surface area contributed by atoms with Gasteiger partial charge in [-0.05, 0) is 52.0 Å². The summed E-state index contributed by atoms with van der Waals surface area (Å²) in [4.78, 5) is 18.9. The molecule has 1 aliphatic heterocycles. The van der Waals surface area contributed by atoms with E-state index < -0.39 is 5.60 Å². The van der Waals surface area contributed by atoms with Gasteiger partial charge in [0.05, 0.1) is 0 Å². The van der Waals surface area contributed by atoms with Crippen LogP contribution in [0.15, 0.2) is 28.8 Å². The average Bonchev–Trinajstić information content (AvgIpc) is 3.54. The molecule has 0 bridgehead atoms. The molecule has 0 unspecified atom stereocenters. The molecule has 1 saturated heterocycles. The van der Waals surface area contributed by atoms with Gasteiger partial charge in [-0.15, -0.1) is 0 Å². The highest BCUT2D eigenvalue weighted by Crippen LogP contribution is 2.33. The van der Waals surface area contributed by atoms with Crippen molar-refractivity contribution in [3.05, 3.63) is 35.7 Å². The van der Waals surface area contributed by atoms with E-state index in [4.69, 9.17) is 9.26 Å². The first-order chi connectivity index (χ1) is 17.9. The highest BCUT2D eigenvalue weighted by Gasteiger charge is 2.36. The predicted molar refractivity (Wildman–Crippen MR) is 149 cm³/mol. The lowest BCUT2D eigenvalue weighted by Crippen LogP contribution is -2.36. The number of aryl methyl sites for hydroxylation is 1. The van der Waals surface area contributed by atoms with Crippen LogP contribution in [0.1, 0.15) is 135 Å².